The number of nitrogens with one attached hydrogen (secondary N) is 1. The van der Waals surface area contributed by atoms with Gasteiger partial charge in [0.2, 0.25) is 10.0 Å². The first-order valence-corrected chi connectivity index (χ1v) is 11.8. The van der Waals surface area contributed by atoms with Gasteiger partial charge in [0, 0.05) is 19.1 Å². The molecule has 0 saturated heterocycles. The van der Waals surface area contributed by atoms with E-state index in [4.69, 9.17) is 0 Å². The molecule has 2 N–H and O–H groups in total. The number of nitrogens with zero attached hydrogens (tertiary/aromatic N) is 1. The van der Waals surface area contributed by atoms with Crippen LogP contribution in [0.3, 0.4) is 0 Å². The lowest BCUT2D eigenvalue weighted by Gasteiger charge is -2.32. The van der Waals surface area contributed by atoms with E-state index < -0.39 is 21.8 Å². The fraction of sp³-hybridized carbons (Fsp3) is 0.714. The molecule has 0 amide bonds. The van der Waals surface area contributed by atoms with Gasteiger partial charge in [0.15, 0.2) is 0 Å². The first-order chi connectivity index (χ1) is 13.8. The highest BCUT2D eigenvalue weighted by Gasteiger charge is 2.31. The van der Waals surface area contributed by atoms with Crippen molar-refractivity contribution in [1.29, 1.82) is 0 Å². The molecule has 0 heterocycles. The first-order valence-electron chi connectivity index (χ1n) is 10.3. The van der Waals surface area contributed by atoms with Crippen LogP contribution in [-0.2, 0) is 16.2 Å². The van der Waals surface area contributed by atoms with Crippen molar-refractivity contribution in [2.45, 2.75) is 62.6 Å². The molecule has 1 aliphatic carbocycles. The molecule has 30 heavy (non-hydrogen) atoms. The quantitative estimate of drug-likeness (QED) is 0.599. The van der Waals surface area contributed by atoms with Gasteiger partial charge in [-0.3, -0.25) is 0 Å². The molecule has 0 atom stereocenters. The Kier molecular flexibility index (Phi) is 8.35. The molecule has 1 aromatic rings. The van der Waals surface area contributed by atoms with Crippen molar-refractivity contribution in [2.24, 2.45) is 11.8 Å². The maximum atomic E-state index is 12.7. The van der Waals surface area contributed by atoms with Gasteiger partial charge in [-0.2, -0.15) is 13.2 Å². The molecule has 0 unspecified atom stereocenters. The highest BCUT2D eigenvalue weighted by atomic mass is 32.2. The van der Waals surface area contributed by atoms with Crippen molar-refractivity contribution in [1.82, 2.24) is 9.62 Å². The number of alkyl halides is 3. The average molecular weight is 451 g/mol. The molecule has 2 rings (SSSR count). The molecule has 0 bridgehead atoms. The number of aliphatic hydroxyl groups is 1. The Morgan fingerprint density at radius 2 is 1.60 bits per heavy atom. The van der Waals surface area contributed by atoms with Crippen molar-refractivity contribution >= 4 is 10.0 Å². The van der Waals surface area contributed by atoms with E-state index in [1.807, 2.05) is 13.8 Å². The van der Waals surface area contributed by atoms with E-state index in [-0.39, 0.29) is 17.0 Å². The molecule has 1 aromatic carbocycles. The van der Waals surface area contributed by atoms with Crippen LogP contribution in [0.4, 0.5) is 13.2 Å². The molecular formula is C21H33F3N2O3S. The van der Waals surface area contributed by atoms with Gasteiger partial charge in [0.1, 0.15) is 0 Å². The number of halogens is 3. The molecule has 1 saturated carbocycles. The van der Waals surface area contributed by atoms with Crippen LogP contribution >= 0.6 is 0 Å². The van der Waals surface area contributed by atoms with Crippen molar-refractivity contribution in [3.05, 3.63) is 29.8 Å². The van der Waals surface area contributed by atoms with Gasteiger partial charge in [-0.25, -0.2) is 12.7 Å². The van der Waals surface area contributed by atoms with Gasteiger partial charge in [-0.1, -0.05) is 12.8 Å². The normalized spacial score (nSPS) is 21.2. The molecule has 0 aliphatic heterocycles. The third-order valence-electron chi connectivity index (χ3n) is 5.97. The fourth-order valence-electron chi connectivity index (χ4n) is 3.68. The summed E-state index contributed by atoms with van der Waals surface area (Å²) in [6.45, 7) is 5.22. The predicted molar refractivity (Wildman–Crippen MR) is 110 cm³/mol. The lowest BCUT2D eigenvalue weighted by atomic mass is 9.80. The molecule has 172 valence electrons. The van der Waals surface area contributed by atoms with Crippen LogP contribution < -0.4 is 5.32 Å². The van der Waals surface area contributed by atoms with Crippen LogP contribution in [0.25, 0.3) is 0 Å². The number of hydrogen-bond acceptors (Lipinski definition) is 4. The van der Waals surface area contributed by atoms with Gasteiger partial charge in [0.05, 0.1) is 17.1 Å². The van der Waals surface area contributed by atoms with Crippen LogP contribution in [0.15, 0.2) is 29.2 Å². The molecule has 1 aliphatic rings. The lowest BCUT2D eigenvalue weighted by molar-refractivity contribution is -0.137. The van der Waals surface area contributed by atoms with Gasteiger partial charge in [-0.15, -0.1) is 0 Å². The maximum absolute atomic E-state index is 12.7. The van der Waals surface area contributed by atoms with Crippen molar-refractivity contribution in [2.75, 3.05) is 26.7 Å². The average Bonchev–Trinajstić information content (AvgIpc) is 2.70. The zero-order chi connectivity index (χ0) is 22.6. The first kappa shape index (κ1) is 25.1. The van der Waals surface area contributed by atoms with E-state index in [0.29, 0.717) is 18.4 Å². The van der Waals surface area contributed by atoms with E-state index in [1.54, 1.807) is 0 Å². The zero-order valence-electron chi connectivity index (χ0n) is 17.9. The highest BCUT2D eigenvalue weighted by molar-refractivity contribution is 7.89. The molecule has 0 radical (unpaired) electrons. The highest BCUT2D eigenvalue weighted by Crippen LogP contribution is 2.32. The minimum atomic E-state index is -4.49. The van der Waals surface area contributed by atoms with E-state index in [2.05, 4.69) is 5.32 Å². The molecule has 1 fully saturated rings. The molecular weight excluding hydrogens is 417 g/mol. The Labute approximate surface area is 177 Å². The van der Waals surface area contributed by atoms with E-state index in [0.717, 1.165) is 62.9 Å². The predicted octanol–water partition coefficient (Wildman–Crippen LogP) is 3.88. The molecule has 9 heteroatoms. The summed E-state index contributed by atoms with van der Waals surface area (Å²) in [6.07, 6.45) is 0.429. The minimum absolute atomic E-state index is 0.0854. The number of benzene rings is 1. The summed E-state index contributed by atoms with van der Waals surface area (Å²) in [5.41, 5.74) is -1.15. The second kappa shape index (κ2) is 9.97. The third kappa shape index (κ3) is 6.93. The summed E-state index contributed by atoms with van der Waals surface area (Å²) in [4.78, 5) is -0.126. The Hall–Kier alpha value is -1.16. The number of aliphatic hydroxyl groups excluding tert-OH is 1. The Bertz CT molecular complexity index is 772. The maximum Gasteiger partial charge on any atom is 0.416 e. The van der Waals surface area contributed by atoms with Crippen molar-refractivity contribution in [3.8, 4) is 0 Å². The standard InChI is InChI=1S/C21H33F3N2O3S/c1-20(2,15-27)25-14-17-6-4-16(5-7-17)12-13-26(3)30(28,29)19-10-8-18(9-11-19)21(22,23)24/h8-11,16-17,25,27H,4-7,12-15H2,1-3H3. The van der Waals surface area contributed by atoms with Crippen LogP contribution in [0.5, 0.6) is 0 Å². The minimum Gasteiger partial charge on any atom is -0.394 e. The summed E-state index contributed by atoms with van der Waals surface area (Å²) in [5.74, 6) is 0.998. The van der Waals surface area contributed by atoms with Gasteiger partial charge in [-0.05, 0) is 75.8 Å². The largest absolute Gasteiger partial charge is 0.416 e. The summed E-state index contributed by atoms with van der Waals surface area (Å²) in [5, 5.41) is 12.7. The smallest absolute Gasteiger partial charge is 0.394 e. The van der Waals surface area contributed by atoms with Crippen molar-refractivity contribution in [3.63, 3.8) is 0 Å². The van der Waals surface area contributed by atoms with Crippen molar-refractivity contribution < 1.29 is 26.7 Å². The Balaban J connectivity index is 1.82. The van der Waals surface area contributed by atoms with Gasteiger partial charge < -0.3 is 10.4 Å². The van der Waals surface area contributed by atoms with Crippen LogP contribution in [0.1, 0.15) is 51.5 Å². The van der Waals surface area contributed by atoms with E-state index in [9.17, 15) is 26.7 Å². The van der Waals surface area contributed by atoms with E-state index >= 15 is 0 Å². The summed E-state index contributed by atoms with van der Waals surface area (Å²) in [7, 11) is -2.34. The number of hydrogen-bond donors (Lipinski definition) is 2. The lowest BCUT2D eigenvalue weighted by Crippen LogP contribution is -2.45. The van der Waals surface area contributed by atoms with Crippen LogP contribution in [-0.4, -0.2) is 50.1 Å². The number of sulfonamides is 1. The SMILES string of the molecule is CN(CCC1CCC(CNC(C)(C)CO)CC1)S(=O)(=O)c1ccc(C(F)(F)F)cc1. The second-order valence-corrected chi connectivity index (χ2v) is 11.0. The second-order valence-electron chi connectivity index (χ2n) is 8.95. The zero-order valence-corrected chi connectivity index (χ0v) is 18.7. The van der Waals surface area contributed by atoms with E-state index in [1.165, 1.54) is 11.4 Å². The summed E-state index contributed by atoms with van der Waals surface area (Å²) < 4.78 is 64.5. The molecule has 0 spiro atoms. The Morgan fingerprint density at radius 3 is 2.10 bits per heavy atom. The fourth-order valence-corrected chi connectivity index (χ4v) is 4.87. The summed E-state index contributed by atoms with van der Waals surface area (Å²) in [6, 6.07) is 3.63. The van der Waals surface area contributed by atoms with Gasteiger partial charge >= 0.3 is 6.18 Å². The van der Waals surface area contributed by atoms with Gasteiger partial charge in [0.25, 0.3) is 0 Å². The monoisotopic (exact) mass is 450 g/mol. The van der Waals surface area contributed by atoms with Crippen LogP contribution in [0, 0.1) is 11.8 Å². The third-order valence-corrected chi connectivity index (χ3v) is 7.84. The Morgan fingerprint density at radius 1 is 1.07 bits per heavy atom. The molecule has 0 aromatic heterocycles. The molecule has 5 nitrogen and oxygen atoms in total. The van der Waals surface area contributed by atoms with Crippen LogP contribution in [0.2, 0.25) is 0 Å². The topological polar surface area (TPSA) is 69.6 Å². The number of rotatable bonds is 9. The summed E-state index contributed by atoms with van der Waals surface area (Å²) >= 11 is 0.